The van der Waals surface area contributed by atoms with E-state index in [9.17, 15) is 14.0 Å². The van der Waals surface area contributed by atoms with Gasteiger partial charge in [-0.2, -0.15) is 0 Å². The lowest BCUT2D eigenvalue weighted by atomic mass is 10.1. The standard InChI is InChI=1S/C17H14ClFN2O2/c1-10-9-21(15-5-3-2-4-12(15)16(22)20-10)17(23)11-6-7-14(19)13(18)8-11/h2-8,10H,9H2,1H3,(H,20,22)/t10-/m1/s1. The van der Waals surface area contributed by atoms with Gasteiger partial charge in [-0.15, -0.1) is 0 Å². The number of benzene rings is 2. The monoisotopic (exact) mass is 332 g/mol. The van der Waals surface area contributed by atoms with E-state index in [2.05, 4.69) is 5.32 Å². The summed E-state index contributed by atoms with van der Waals surface area (Å²) in [5.74, 6) is -1.13. The van der Waals surface area contributed by atoms with Gasteiger partial charge in [-0.25, -0.2) is 4.39 Å². The van der Waals surface area contributed by atoms with Gasteiger partial charge in [-0.1, -0.05) is 23.7 Å². The SMILES string of the molecule is C[C@@H]1CN(C(=O)c2ccc(F)c(Cl)c2)c2ccccc2C(=O)N1. The Morgan fingerprint density at radius 3 is 2.78 bits per heavy atom. The summed E-state index contributed by atoms with van der Waals surface area (Å²) < 4.78 is 13.3. The number of nitrogens with zero attached hydrogens (tertiary/aromatic N) is 1. The highest BCUT2D eigenvalue weighted by Gasteiger charge is 2.28. The highest BCUT2D eigenvalue weighted by atomic mass is 35.5. The maximum atomic E-state index is 13.3. The summed E-state index contributed by atoms with van der Waals surface area (Å²) in [5, 5.41) is 2.73. The Hall–Kier alpha value is -2.40. The fourth-order valence-electron chi connectivity index (χ4n) is 2.60. The minimum absolute atomic E-state index is 0.110. The molecule has 0 saturated carbocycles. The largest absolute Gasteiger partial charge is 0.348 e. The minimum Gasteiger partial charge on any atom is -0.348 e. The van der Waals surface area contributed by atoms with Gasteiger partial charge in [0.15, 0.2) is 0 Å². The van der Waals surface area contributed by atoms with Crippen molar-refractivity contribution in [2.24, 2.45) is 0 Å². The predicted molar refractivity (Wildman–Crippen MR) is 86.5 cm³/mol. The molecule has 2 aromatic carbocycles. The van der Waals surface area contributed by atoms with Gasteiger partial charge in [0.25, 0.3) is 11.8 Å². The van der Waals surface area contributed by atoms with Gasteiger partial charge >= 0.3 is 0 Å². The van der Waals surface area contributed by atoms with Gasteiger partial charge in [0, 0.05) is 18.2 Å². The average Bonchev–Trinajstić information content (AvgIpc) is 2.66. The van der Waals surface area contributed by atoms with Gasteiger partial charge in [-0.05, 0) is 37.3 Å². The summed E-state index contributed by atoms with van der Waals surface area (Å²) in [5.41, 5.74) is 1.23. The first-order valence-electron chi connectivity index (χ1n) is 7.14. The Morgan fingerprint density at radius 1 is 1.30 bits per heavy atom. The van der Waals surface area contributed by atoms with E-state index >= 15 is 0 Å². The Balaban J connectivity index is 2.06. The van der Waals surface area contributed by atoms with Crippen molar-refractivity contribution in [2.45, 2.75) is 13.0 Å². The molecule has 3 rings (SSSR count). The number of para-hydroxylation sites is 1. The number of fused-ring (bicyclic) bond motifs is 1. The summed E-state index contributed by atoms with van der Waals surface area (Å²) in [6.07, 6.45) is 0. The van der Waals surface area contributed by atoms with Gasteiger partial charge in [0.2, 0.25) is 0 Å². The molecule has 0 saturated heterocycles. The molecule has 0 aliphatic carbocycles. The van der Waals surface area contributed by atoms with E-state index < -0.39 is 5.82 Å². The Bertz CT molecular complexity index is 794. The van der Waals surface area contributed by atoms with Crippen LogP contribution in [0.1, 0.15) is 27.6 Å². The molecule has 1 heterocycles. The molecular weight excluding hydrogens is 319 g/mol. The molecular formula is C17H14ClFN2O2. The predicted octanol–water partition coefficient (Wildman–Crippen LogP) is 3.26. The second-order valence-electron chi connectivity index (χ2n) is 5.44. The van der Waals surface area contributed by atoms with Crippen molar-refractivity contribution in [1.82, 2.24) is 5.32 Å². The van der Waals surface area contributed by atoms with E-state index in [1.807, 2.05) is 6.92 Å². The lowest BCUT2D eigenvalue weighted by Crippen LogP contribution is -2.41. The van der Waals surface area contributed by atoms with Crippen LogP contribution in [0.5, 0.6) is 0 Å². The smallest absolute Gasteiger partial charge is 0.258 e. The third-order valence-electron chi connectivity index (χ3n) is 3.69. The van der Waals surface area contributed by atoms with E-state index in [1.54, 1.807) is 24.3 Å². The molecule has 0 fully saturated rings. The second-order valence-corrected chi connectivity index (χ2v) is 5.84. The van der Waals surface area contributed by atoms with Crippen molar-refractivity contribution >= 4 is 29.1 Å². The molecule has 1 atom stereocenters. The summed E-state index contributed by atoms with van der Waals surface area (Å²) in [6, 6.07) is 10.5. The molecule has 2 aromatic rings. The van der Waals surface area contributed by atoms with Gasteiger partial charge in [-0.3, -0.25) is 9.59 Å². The molecule has 4 nitrogen and oxygen atoms in total. The van der Waals surface area contributed by atoms with Crippen molar-refractivity contribution in [3.63, 3.8) is 0 Å². The Morgan fingerprint density at radius 2 is 2.04 bits per heavy atom. The van der Waals surface area contributed by atoms with Crippen molar-refractivity contribution in [3.05, 3.63) is 64.4 Å². The number of carbonyl (C=O) groups is 2. The molecule has 2 amide bonds. The van der Waals surface area contributed by atoms with Gasteiger partial charge in [0.1, 0.15) is 5.82 Å². The molecule has 1 N–H and O–H groups in total. The normalized spacial score (nSPS) is 17.3. The lowest BCUT2D eigenvalue weighted by Gasteiger charge is -2.24. The number of carbonyl (C=O) groups excluding carboxylic acids is 2. The zero-order valence-electron chi connectivity index (χ0n) is 12.3. The lowest BCUT2D eigenvalue weighted by molar-refractivity contribution is 0.0939. The fourth-order valence-corrected chi connectivity index (χ4v) is 2.78. The fraction of sp³-hybridized carbons (Fsp3) is 0.176. The van der Waals surface area contributed by atoms with E-state index in [4.69, 9.17) is 11.6 Å². The van der Waals surface area contributed by atoms with Crippen LogP contribution in [0.2, 0.25) is 5.02 Å². The summed E-state index contributed by atoms with van der Waals surface area (Å²) in [7, 11) is 0. The highest BCUT2D eigenvalue weighted by molar-refractivity contribution is 6.31. The van der Waals surface area contributed by atoms with Crippen LogP contribution >= 0.6 is 11.6 Å². The molecule has 23 heavy (non-hydrogen) atoms. The number of rotatable bonds is 1. The maximum Gasteiger partial charge on any atom is 0.258 e. The minimum atomic E-state index is -0.579. The van der Waals surface area contributed by atoms with Crippen LogP contribution in [0.25, 0.3) is 0 Å². The van der Waals surface area contributed by atoms with Crippen LogP contribution < -0.4 is 10.2 Å². The van der Waals surface area contributed by atoms with E-state index in [-0.39, 0.29) is 28.4 Å². The molecule has 1 aliphatic heterocycles. The Kier molecular flexibility index (Phi) is 4.05. The Labute approximate surface area is 137 Å². The number of amides is 2. The number of hydrogen-bond acceptors (Lipinski definition) is 2. The van der Waals surface area contributed by atoms with E-state index in [1.165, 1.54) is 17.0 Å². The third kappa shape index (κ3) is 2.92. The molecule has 0 radical (unpaired) electrons. The molecule has 0 spiro atoms. The quantitative estimate of drug-likeness (QED) is 0.871. The van der Waals surface area contributed by atoms with Crippen LogP contribution in [0.4, 0.5) is 10.1 Å². The number of halogens is 2. The number of anilines is 1. The van der Waals surface area contributed by atoms with Crippen molar-refractivity contribution < 1.29 is 14.0 Å². The zero-order chi connectivity index (χ0) is 16.6. The zero-order valence-corrected chi connectivity index (χ0v) is 13.1. The number of hydrogen-bond donors (Lipinski definition) is 1. The topological polar surface area (TPSA) is 49.4 Å². The van der Waals surface area contributed by atoms with Crippen molar-refractivity contribution in [1.29, 1.82) is 0 Å². The summed E-state index contributed by atoms with van der Waals surface area (Å²) in [6.45, 7) is 2.14. The van der Waals surface area contributed by atoms with Crippen LogP contribution in [0, 0.1) is 5.82 Å². The van der Waals surface area contributed by atoms with Crippen molar-refractivity contribution in [3.8, 4) is 0 Å². The van der Waals surface area contributed by atoms with Crippen molar-refractivity contribution in [2.75, 3.05) is 11.4 Å². The maximum absolute atomic E-state index is 13.3. The van der Waals surface area contributed by atoms with Gasteiger partial charge in [0.05, 0.1) is 16.3 Å². The average molecular weight is 333 g/mol. The van der Waals surface area contributed by atoms with E-state index in [0.717, 1.165) is 6.07 Å². The first-order valence-corrected chi connectivity index (χ1v) is 7.52. The first-order chi connectivity index (χ1) is 11.0. The van der Waals surface area contributed by atoms with Crippen LogP contribution in [-0.2, 0) is 0 Å². The second kappa shape index (κ2) is 6.01. The number of nitrogens with one attached hydrogen (secondary N) is 1. The van der Waals surface area contributed by atoms with Crippen LogP contribution in [0.3, 0.4) is 0 Å². The van der Waals surface area contributed by atoms with Gasteiger partial charge < -0.3 is 10.2 Å². The van der Waals surface area contributed by atoms with Crippen LogP contribution in [-0.4, -0.2) is 24.4 Å². The third-order valence-corrected chi connectivity index (χ3v) is 3.97. The van der Waals surface area contributed by atoms with Crippen LogP contribution in [0.15, 0.2) is 42.5 Å². The summed E-state index contributed by atoms with van der Waals surface area (Å²) >= 11 is 5.77. The molecule has 6 heteroatoms. The molecule has 0 aromatic heterocycles. The molecule has 0 bridgehead atoms. The first kappa shape index (κ1) is 15.5. The van der Waals surface area contributed by atoms with E-state index in [0.29, 0.717) is 17.8 Å². The molecule has 1 aliphatic rings. The summed E-state index contributed by atoms with van der Waals surface area (Å²) in [4.78, 5) is 26.6. The molecule has 118 valence electrons. The highest BCUT2D eigenvalue weighted by Crippen LogP contribution is 2.26. The molecule has 0 unspecified atom stereocenters.